The van der Waals surface area contributed by atoms with Crippen LogP contribution in [-0.4, -0.2) is 16.1 Å². The Bertz CT molecular complexity index is 576. The number of hydrogen-bond acceptors (Lipinski definition) is 0. The standard InChI is InChI=1S/C18H26Si2/c1-19(2,3)17-13-16(18(14-17)20(4,5)6)12-15-10-8-7-9-11-15/h7-14H,1-6H3/b16-12+. The number of rotatable bonds is 3. The van der Waals surface area contributed by atoms with E-state index in [1.807, 2.05) is 0 Å². The van der Waals surface area contributed by atoms with E-state index in [-0.39, 0.29) is 0 Å². The van der Waals surface area contributed by atoms with Crippen LogP contribution in [0.1, 0.15) is 5.56 Å². The molecule has 0 aromatic heterocycles. The third-order valence-electron chi connectivity index (χ3n) is 3.72. The highest BCUT2D eigenvalue weighted by atomic mass is 28.3. The van der Waals surface area contributed by atoms with Crippen molar-refractivity contribution in [3.05, 3.63) is 64.0 Å². The van der Waals surface area contributed by atoms with Crippen LogP contribution in [0.5, 0.6) is 0 Å². The Kier molecular flexibility index (Phi) is 4.08. The molecule has 2 rings (SSSR count). The maximum Gasteiger partial charge on any atom is 0.0783 e. The van der Waals surface area contributed by atoms with Crippen LogP contribution in [0.4, 0.5) is 0 Å². The molecule has 106 valence electrons. The highest BCUT2D eigenvalue weighted by Gasteiger charge is 2.29. The van der Waals surface area contributed by atoms with Crippen molar-refractivity contribution in [2.24, 2.45) is 0 Å². The minimum atomic E-state index is -1.30. The SMILES string of the molecule is C[Si](C)(C)C1=C/C(=C\c2ccccc2)C([Si](C)(C)C)=C1. The first-order valence-corrected chi connectivity index (χ1v) is 14.4. The number of allylic oxidation sites excluding steroid dienone is 5. The normalized spacial score (nSPS) is 18.2. The van der Waals surface area contributed by atoms with Crippen molar-refractivity contribution in [1.82, 2.24) is 0 Å². The van der Waals surface area contributed by atoms with Gasteiger partial charge >= 0.3 is 0 Å². The summed E-state index contributed by atoms with van der Waals surface area (Å²) >= 11 is 0. The Morgan fingerprint density at radius 2 is 1.35 bits per heavy atom. The fraction of sp³-hybridized carbons (Fsp3) is 0.333. The molecule has 1 aliphatic carbocycles. The molecule has 0 spiro atoms. The van der Waals surface area contributed by atoms with Crippen LogP contribution >= 0.6 is 0 Å². The zero-order valence-electron chi connectivity index (χ0n) is 13.6. The van der Waals surface area contributed by atoms with Gasteiger partial charge in [0.25, 0.3) is 0 Å². The first-order valence-electron chi connectivity index (χ1n) is 7.39. The Hall–Kier alpha value is -1.13. The molecule has 0 nitrogen and oxygen atoms in total. The molecule has 0 saturated heterocycles. The van der Waals surface area contributed by atoms with Crippen molar-refractivity contribution < 1.29 is 0 Å². The van der Waals surface area contributed by atoms with Crippen LogP contribution in [0.2, 0.25) is 39.3 Å². The maximum atomic E-state index is 2.51. The van der Waals surface area contributed by atoms with Crippen LogP contribution in [0, 0.1) is 0 Å². The van der Waals surface area contributed by atoms with Gasteiger partial charge in [0, 0.05) is 0 Å². The maximum absolute atomic E-state index is 2.51. The van der Waals surface area contributed by atoms with E-state index >= 15 is 0 Å². The van der Waals surface area contributed by atoms with E-state index in [1.165, 1.54) is 11.1 Å². The molecule has 20 heavy (non-hydrogen) atoms. The largest absolute Gasteiger partial charge is 0.0783 e. The van der Waals surface area contributed by atoms with Gasteiger partial charge in [0.15, 0.2) is 0 Å². The summed E-state index contributed by atoms with van der Waals surface area (Å²) in [6.45, 7) is 14.6. The lowest BCUT2D eigenvalue weighted by molar-refractivity contribution is 1.59. The van der Waals surface area contributed by atoms with Gasteiger partial charge in [0.2, 0.25) is 0 Å². The Morgan fingerprint density at radius 3 is 1.85 bits per heavy atom. The van der Waals surface area contributed by atoms with Crippen molar-refractivity contribution in [2.75, 3.05) is 0 Å². The van der Waals surface area contributed by atoms with Crippen molar-refractivity contribution in [1.29, 1.82) is 0 Å². The van der Waals surface area contributed by atoms with Crippen molar-refractivity contribution in [3.8, 4) is 0 Å². The Balaban J connectivity index is 2.48. The molecule has 0 amide bonds. The second kappa shape index (κ2) is 5.34. The summed E-state index contributed by atoms with van der Waals surface area (Å²) in [4.78, 5) is 0. The van der Waals surface area contributed by atoms with Crippen LogP contribution in [-0.2, 0) is 0 Å². The quantitative estimate of drug-likeness (QED) is 0.629. The Morgan fingerprint density at radius 1 is 0.750 bits per heavy atom. The fourth-order valence-electron chi connectivity index (χ4n) is 2.46. The summed E-state index contributed by atoms with van der Waals surface area (Å²) in [5.74, 6) is 0. The molecule has 0 aliphatic heterocycles. The molecule has 0 atom stereocenters. The lowest BCUT2D eigenvalue weighted by atomic mass is 10.1. The van der Waals surface area contributed by atoms with Gasteiger partial charge in [-0.25, -0.2) is 0 Å². The minimum Gasteiger partial charge on any atom is -0.0656 e. The smallest absolute Gasteiger partial charge is 0.0656 e. The van der Waals surface area contributed by atoms with Gasteiger partial charge in [-0.3, -0.25) is 0 Å². The van der Waals surface area contributed by atoms with Gasteiger partial charge in [-0.05, 0) is 17.2 Å². The summed E-state index contributed by atoms with van der Waals surface area (Å²) in [6.07, 6.45) is 7.32. The molecular formula is C18H26Si2. The van der Waals surface area contributed by atoms with Gasteiger partial charge in [-0.1, -0.05) is 92.2 Å². The van der Waals surface area contributed by atoms with Crippen molar-refractivity contribution in [3.63, 3.8) is 0 Å². The minimum absolute atomic E-state index is 1.24. The summed E-state index contributed by atoms with van der Waals surface area (Å²) in [6, 6.07) is 10.7. The van der Waals surface area contributed by atoms with Crippen LogP contribution in [0.15, 0.2) is 58.4 Å². The lowest BCUT2D eigenvalue weighted by Crippen LogP contribution is -2.25. The molecule has 0 radical (unpaired) electrons. The highest BCUT2D eigenvalue weighted by Crippen LogP contribution is 2.35. The molecule has 1 aromatic carbocycles. The van der Waals surface area contributed by atoms with E-state index in [4.69, 9.17) is 0 Å². The van der Waals surface area contributed by atoms with Gasteiger partial charge in [0.1, 0.15) is 0 Å². The summed E-state index contributed by atoms with van der Waals surface area (Å²) in [7, 11) is -2.54. The number of hydrogen-bond donors (Lipinski definition) is 0. The second-order valence-corrected chi connectivity index (χ2v) is 17.8. The summed E-state index contributed by atoms with van der Waals surface area (Å²) < 4.78 is 0. The average Bonchev–Trinajstić information content (AvgIpc) is 2.74. The molecule has 0 bridgehead atoms. The first kappa shape index (κ1) is 15.3. The van der Waals surface area contributed by atoms with Crippen LogP contribution in [0.3, 0.4) is 0 Å². The van der Waals surface area contributed by atoms with E-state index < -0.39 is 16.1 Å². The topological polar surface area (TPSA) is 0 Å². The molecule has 0 N–H and O–H groups in total. The molecule has 2 heteroatoms. The van der Waals surface area contributed by atoms with Gasteiger partial charge in [-0.15, -0.1) is 0 Å². The van der Waals surface area contributed by atoms with Crippen molar-refractivity contribution >= 4 is 22.2 Å². The molecule has 1 aromatic rings. The zero-order chi connectivity index (χ0) is 15.0. The molecule has 0 fully saturated rings. The molecule has 0 unspecified atom stereocenters. The summed E-state index contributed by atoms with van der Waals surface area (Å²) in [5.41, 5.74) is 2.76. The lowest BCUT2D eigenvalue weighted by Gasteiger charge is -2.20. The molecule has 1 aliphatic rings. The van der Waals surface area contributed by atoms with E-state index in [1.54, 1.807) is 10.4 Å². The third kappa shape index (κ3) is 3.50. The van der Waals surface area contributed by atoms with E-state index in [2.05, 4.69) is 87.8 Å². The fourth-order valence-corrected chi connectivity index (χ4v) is 5.37. The predicted molar refractivity (Wildman–Crippen MR) is 97.3 cm³/mol. The second-order valence-electron chi connectivity index (χ2n) is 7.67. The van der Waals surface area contributed by atoms with Crippen molar-refractivity contribution in [2.45, 2.75) is 39.3 Å². The van der Waals surface area contributed by atoms with E-state index in [9.17, 15) is 0 Å². The zero-order valence-corrected chi connectivity index (χ0v) is 15.6. The third-order valence-corrected chi connectivity index (χ3v) is 7.79. The molecule has 0 heterocycles. The van der Waals surface area contributed by atoms with Crippen LogP contribution < -0.4 is 0 Å². The molecular weight excluding hydrogens is 272 g/mol. The molecule has 0 saturated carbocycles. The van der Waals surface area contributed by atoms with Gasteiger partial charge in [-0.2, -0.15) is 0 Å². The van der Waals surface area contributed by atoms with E-state index in [0.717, 1.165) is 0 Å². The Labute approximate surface area is 125 Å². The van der Waals surface area contributed by atoms with Crippen LogP contribution in [0.25, 0.3) is 6.08 Å². The number of benzene rings is 1. The average molecular weight is 299 g/mol. The monoisotopic (exact) mass is 298 g/mol. The predicted octanol–water partition coefficient (Wildman–Crippen LogP) is 5.69. The van der Waals surface area contributed by atoms with Gasteiger partial charge in [0.05, 0.1) is 16.1 Å². The highest BCUT2D eigenvalue weighted by molar-refractivity contribution is 6.87. The van der Waals surface area contributed by atoms with E-state index in [0.29, 0.717) is 0 Å². The first-order chi connectivity index (χ1) is 9.18. The summed E-state index contributed by atoms with van der Waals surface area (Å²) in [5, 5.41) is 3.20. The van der Waals surface area contributed by atoms with Gasteiger partial charge < -0.3 is 0 Å².